The second-order valence-corrected chi connectivity index (χ2v) is 6.34. The molecule has 1 aromatic heterocycles. The van der Waals surface area contributed by atoms with Crippen LogP contribution in [0, 0.1) is 11.3 Å². The van der Waals surface area contributed by atoms with Gasteiger partial charge in [0, 0.05) is 11.6 Å². The standard InChI is InChI=1S/C18H17N3O4S/c1-12(20-17(24)13-5-3-2-4-6-13)9-16(23)25-11-15(22)21-18-14(10-19)7-8-26-18/h2-8,12H,9,11H2,1H3,(H,20,24)(H,21,22). The van der Waals surface area contributed by atoms with Crippen LogP contribution in [-0.2, 0) is 14.3 Å². The highest BCUT2D eigenvalue weighted by molar-refractivity contribution is 7.14. The summed E-state index contributed by atoms with van der Waals surface area (Å²) in [5.74, 6) is -1.42. The van der Waals surface area contributed by atoms with Crippen LogP contribution in [0.3, 0.4) is 0 Å². The first kappa shape index (κ1) is 19.1. The molecule has 0 fully saturated rings. The zero-order valence-corrected chi connectivity index (χ0v) is 14.8. The Morgan fingerprint density at radius 2 is 1.96 bits per heavy atom. The number of carbonyl (C=O) groups is 3. The van der Waals surface area contributed by atoms with Crippen LogP contribution in [0.1, 0.15) is 29.3 Å². The molecule has 26 heavy (non-hydrogen) atoms. The Labute approximate surface area is 154 Å². The molecule has 1 unspecified atom stereocenters. The first-order valence-electron chi connectivity index (χ1n) is 7.78. The van der Waals surface area contributed by atoms with E-state index in [0.29, 0.717) is 16.1 Å². The molecule has 0 aliphatic carbocycles. The average molecular weight is 371 g/mol. The molecule has 0 bridgehead atoms. The van der Waals surface area contributed by atoms with Crippen LogP contribution < -0.4 is 10.6 Å². The van der Waals surface area contributed by atoms with Crippen molar-refractivity contribution in [1.29, 1.82) is 5.26 Å². The van der Waals surface area contributed by atoms with Gasteiger partial charge in [-0.1, -0.05) is 18.2 Å². The summed E-state index contributed by atoms with van der Waals surface area (Å²) in [6.45, 7) is 1.22. The summed E-state index contributed by atoms with van der Waals surface area (Å²) >= 11 is 1.21. The van der Waals surface area contributed by atoms with Gasteiger partial charge in [-0.05, 0) is 30.5 Å². The van der Waals surface area contributed by atoms with Crippen LogP contribution >= 0.6 is 11.3 Å². The Morgan fingerprint density at radius 1 is 1.23 bits per heavy atom. The van der Waals surface area contributed by atoms with E-state index in [2.05, 4.69) is 10.6 Å². The topological polar surface area (TPSA) is 108 Å². The summed E-state index contributed by atoms with van der Waals surface area (Å²) < 4.78 is 4.90. The van der Waals surface area contributed by atoms with Crippen LogP contribution in [-0.4, -0.2) is 30.4 Å². The van der Waals surface area contributed by atoms with Crippen LogP contribution in [0.15, 0.2) is 41.8 Å². The molecule has 0 saturated heterocycles. The monoisotopic (exact) mass is 371 g/mol. The largest absolute Gasteiger partial charge is 0.455 e. The lowest BCUT2D eigenvalue weighted by Crippen LogP contribution is -2.35. The third kappa shape index (κ3) is 5.72. The van der Waals surface area contributed by atoms with E-state index in [4.69, 9.17) is 10.00 Å². The molecular weight excluding hydrogens is 354 g/mol. The number of nitrogens with one attached hydrogen (secondary N) is 2. The van der Waals surface area contributed by atoms with Crippen molar-refractivity contribution in [2.45, 2.75) is 19.4 Å². The number of carbonyl (C=O) groups excluding carboxylic acids is 3. The van der Waals surface area contributed by atoms with E-state index in [9.17, 15) is 14.4 Å². The van der Waals surface area contributed by atoms with Crippen molar-refractivity contribution in [3.8, 4) is 6.07 Å². The van der Waals surface area contributed by atoms with Gasteiger partial charge in [0.25, 0.3) is 11.8 Å². The summed E-state index contributed by atoms with van der Waals surface area (Å²) in [5, 5.41) is 16.2. The van der Waals surface area contributed by atoms with Gasteiger partial charge in [-0.15, -0.1) is 11.3 Å². The van der Waals surface area contributed by atoms with Crippen LogP contribution in [0.4, 0.5) is 5.00 Å². The highest BCUT2D eigenvalue weighted by atomic mass is 32.1. The van der Waals surface area contributed by atoms with Gasteiger partial charge >= 0.3 is 5.97 Å². The molecule has 0 aliphatic rings. The molecule has 0 radical (unpaired) electrons. The molecule has 1 heterocycles. The smallest absolute Gasteiger partial charge is 0.308 e. The maximum Gasteiger partial charge on any atom is 0.308 e. The zero-order valence-electron chi connectivity index (χ0n) is 14.0. The van der Waals surface area contributed by atoms with Crippen LogP contribution in [0.2, 0.25) is 0 Å². The van der Waals surface area contributed by atoms with Gasteiger partial charge in [0.15, 0.2) is 6.61 Å². The summed E-state index contributed by atoms with van der Waals surface area (Å²) in [6.07, 6.45) is -0.0612. The molecular formula is C18H17N3O4S. The fourth-order valence-corrected chi connectivity index (χ4v) is 2.81. The van der Waals surface area contributed by atoms with E-state index in [1.54, 1.807) is 48.7 Å². The molecule has 2 N–H and O–H groups in total. The number of thiophene rings is 1. The Balaban J connectivity index is 1.73. The summed E-state index contributed by atoms with van der Waals surface area (Å²) in [4.78, 5) is 35.6. The molecule has 1 aromatic carbocycles. The molecule has 7 nitrogen and oxygen atoms in total. The van der Waals surface area contributed by atoms with Gasteiger partial charge < -0.3 is 15.4 Å². The predicted molar refractivity (Wildman–Crippen MR) is 96.6 cm³/mol. The Hall–Kier alpha value is -3.18. The lowest BCUT2D eigenvalue weighted by atomic mass is 10.2. The Bertz CT molecular complexity index is 826. The molecule has 2 rings (SSSR count). The summed E-state index contributed by atoms with van der Waals surface area (Å²) in [5.41, 5.74) is 0.850. The Kier molecular flexibility index (Phi) is 6.88. The van der Waals surface area contributed by atoms with E-state index in [-0.39, 0.29) is 12.3 Å². The quantitative estimate of drug-likeness (QED) is 0.726. The maximum absolute atomic E-state index is 12.0. The minimum atomic E-state index is -0.604. The van der Waals surface area contributed by atoms with Gasteiger partial charge in [0.2, 0.25) is 0 Å². The van der Waals surface area contributed by atoms with Gasteiger partial charge in [-0.25, -0.2) is 0 Å². The first-order valence-corrected chi connectivity index (χ1v) is 8.66. The van der Waals surface area contributed by atoms with Gasteiger partial charge in [0.1, 0.15) is 11.1 Å². The van der Waals surface area contributed by atoms with E-state index >= 15 is 0 Å². The molecule has 2 amide bonds. The lowest BCUT2D eigenvalue weighted by molar-refractivity contribution is -0.147. The molecule has 0 spiro atoms. The second-order valence-electron chi connectivity index (χ2n) is 5.43. The van der Waals surface area contributed by atoms with Crippen LogP contribution in [0.25, 0.3) is 0 Å². The molecule has 0 aliphatic heterocycles. The highest BCUT2D eigenvalue weighted by Crippen LogP contribution is 2.21. The first-order chi connectivity index (χ1) is 12.5. The minimum Gasteiger partial charge on any atom is -0.455 e. The second kappa shape index (κ2) is 9.34. The highest BCUT2D eigenvalue weighted by Gasteiger charge is 2.16. The number of nitriles is 1. The number of benzene rings is 1. The van der Waals surface area contributed by atoms with Crippen LogP contribution in [0.5, 0.6) is 0 Å². The Morgan fingerprint density at radius 3 is 2.65 bits per heavy atom. The number of esters is 1. The van der Waals surface area contributed by atoms with E-state index in [1.165, 1.54) is 11.3 Å². The van der Waals surface area contributed by atoms with E-state index in [0.717, 1.165) is 0 Å². The molecule has 1 atom stereocenters. The number of nitrogens with zero attached hydrogens (tertiary/aromatic N) is 1. The fraction of sp³-hybridized carbons (Fsp3) is 0.222. The van der Waals surface area contributed by atoms with Crippen molar-refractivity contribution < 1.29 is 19.1 Å². The average Bonchev–Trinajstić information content (AvgIpc) is 3.07. The number of anilines is 1. The molecule has 134 valence electrons. The van der Waals surface area contributed by atoms with Crippen molar-refractivity contribution in [3.63, 3.8) is 0 Å². The molecule has 0 saturated carbocycles. The third-order valence-corrected chi connectivity index (χ3v) is 4.12. The number of hydrogen-bond acceptors (Lipinski definition) is 6. The van der Waals surface area contributed by atoms with Gasteiger partial charge in [-0.3, -0.25) is 14.4 Å². The van der Waals surface area contributed by atoms with E-state index in [1.807, 2.05) is 6.07 Å². The number of amides is 2. The van der Waals surface area contributed by atoms with Gasteiger partial charge in [-0.2, -0.15) is 5.26 Å². The fourth-order valence-electron chi connectivity index (χ4n) is 2.06. The zero-order chi connectivity index (χ0) is 18.9. The van der Waals surface area contributed by atoms with Crippen molar-refractivity contribution in [2.75, 3.05) is 11.9 Å². The van der Waals surface area contributed by atoms with Crippen molar-refractivity contribution in [1.82, 2.24) is 5.32 Å². The number of ether oxygens (including phenoxy) is 1. The number of rotatable bonds is 7. The molecule has 2 aromatic rings. The third-order valence-electron chi connectivity index (χ3n) is 3.29. The number of hydrogen-bond donors (Lipinski definition) is 2. The normalized spacial score (nSPS) is 11.1. The maximum atomic E-state index is 12.0. The lowest BCUT2D eigenvalue weighted by Gasteiger charge is -2.13. The molecule has 8 heteroatoms. The van der Waals surface area contributed by atoms with Crippen molar-refractivity contribution in [3.05, 3.63) is 52.9 Å². The predicted octanol–water partition coefficient (Wildman–Crippen LogP) is 2.31. The summed E-state index contributed by atoms with van der Waals surface area (Å²) in [6, 6.07) is 11.7. The minimum absolute atomic E-state index is 0.0612. The SMILES string of the molecule is CC(CC(=O)OCC(=O)Nc1sccc1C#N)NC(=O)c1ccccc1. The van der Waals surface area contributed by atoms with Gasteiger partial charge in [0.05, 0.1) is 12.0 Å². The summed E-state index contributed by atoms with van der Waals surface area (Å²) in [7, 11) is 0. The van der Waals surface area contributed by atoms with E-state index < -0.39 is 24.5 Å². The van der Waals surface area contributed by atoms with Crippen molar-refractivity contribution in [2.24, 2.45) is 0 Å². The van der Waals surface area contributed by atoms with Crippen molar-refractivity contribution >= 4 is 34.1 Å².